The lowest BCUT2D eigenvalue weighted by Gasteiger charge is -2.43. The number of ether oxygens (including phenoxy) is 2. The van der Waals surface area contributed by atoms with E-state index in [0.717, 1.165) is 25.7 Å². The van der Waals surface area contributed by atoms with E-state index in [0.29, 0.717) is 12.3 Å². The van der Waals surface area contributed by atoms with Crippen molar-refractivity contribution in [2.75, 3.05) is 5.88 Å². The van der Waals surface area contributed by atoms with Gasteiger partial charge < -0.3 is 14.8 Å². The van der Waals surface area contributed by atoms with Gasteiger partial charge in [-0.1, -0.05) is 40.0 Å². The lowest BCUT2D eigenvalue weighted by molar-refractivity contribution is -0.158. The van der Waals surface area contributed by atoms with E-state index < -0.39 is 0 Å². The van der Waals surface area contributed by atoms with Gasteiger partial charge in [0.2, 0.25) is 5.91 Å². The molecule has 0 unspecified atom stereocenters. The first-order valence-corrected chi connectivity index (χ1v) is 10.9. The highest BCUT2D eigenvalue weighted by molar-refractivity contribution is 6.27. The van der Waals surface area contributed by atoms with Gasteiger partial charge >= 0.3 is 5.97 Å². The zero-order valence-corrected chi connectivity index (χ0v) is 18.0. The first-order chi connectivity index (χ1) is 12.7. The fourth-order valence-corrected chi connectivity index (χ4v) is 4.50. The summed E-state index contributed by atoms with van der Waals surface area (Å²) in [5.74, 6) is 0.0251. The summed E-state index contributed by atoms with van der Waals surface area (Å²) in [7, 11) is 0. The van der Waals surface area contributed by atoms with E-state index in [1.165, 1.54) is 26.2 Å². The second-order valence-corrected chi connectivity index (χ2v) is 9.53. The molecular weight excluding hydrogens is 366 g/mol. The third kappa shape index (κ3) is 7.26. The molecule has 5 nitrogen and oxygen atoms in total. The summed E-state index contributed by atoms with van der Waals surface area (Å²) in [6.07, 6.45) is 8.02. The highest BCUT2D eigenvalue weighted by Gasteiger charge is 2.39. The van der Waals surface area contributed by atoms with Crippen molar-refractivity contribution in [2.24, 2.45) is 11.3 Å². The first-order valence-electron chi connectivity index (χ1n) is 10.4. The van der Waals surface area contributed by atoms with Crippen molar-refractivity contribution in [1.82, 2.24) is 5.32 Å². The molecule has 1 amide bonds. The second-order valence-electron chi connectivity index (χ2n) is 9.26. The zero-order chi connectivity index (χ0) is 20.0. The average Bonchev–Trinajstić information content (AvgIpc) is 2.60. The van der Waals surface area contributed by atoms with Crippen LogP contribution in [0.25, 0.3) is 0 Å². The summed E-state index contributed by atoms with van der Waals surface area (Å²) >= 11 is 5.68. The Hall–Kier alpha value is -0.810. The Bertz CT molecular complexity index is 499. The van der Waals surface area contributed by atoms with Gasteiger partial charge in [-0.05, 0) is 37.0 Å². The molecule has 6 heteroatoms. The van der Waals surface area contributed by atoms with Crippen LogP contribution in [0, 0.1) is 11.3 Å². The number of carbonyl (C=O) groups excluding carboxylic acids is 2. The van der Waals surface area contributed by atoms with Crippen molar-refractivity contribution in [3.05, 3.63) is 0 Å². The van der Waals surface area contributed by atoms with Crippen molar-refractivity contribution < 1.29 is 19.1 Å². The van der Waals surface area contributed by atoms with E-state index in [-0.39, 0.29) is 47.5 Å². The number of hydrogen-bond acceptors (Lipinski definition) is 4. The largest absolute Gasteiger partial charge is 0.462 e. The highest BCUT2D eigenvalue weighted by Crippen LogP contribution is 2.36. The van der Waals surface area contributed by atoms with Crippen LogP contribution in [0.2, 0.25) is 0 Å². The Labute approximate surface area is 168 Å². The number of esters is 1. The van der Waals surface area contributed by atoms with Crippen LogP contribution >= 0.6 is 11.6 Å². The van der Waals surface area contributed by atoms with Crippen LogP contribution in [-0.2, 0) is 19.1 Å². The van der Waals surface area contributed by atoms with Crippen molar-refractivity contribution in [3.63, 3.8) is 0 Å². The number of rotatable bonds is 6. The smallest absolute Gasteiger partial charge is 0.302 e. The molecule has 0 bridgehead atoms. The summed E-state index contributed by atoms with van der Waals surface area (Å²) in [4.78, 5) is 23.5. The van der Waals surface area contributed by atoms with Gasteiger partial charge in [0.25, 0.3) is 0 Å². The first kappa shape index (κ1) is 22.5. The van der Waals surface area contributed by atoms with Crippen molar-refractivity contribution in [3.8, 4) is 0 Å². The van der Waals surface area contributed by atoms with Crippen LogP contribution in [0.4, 0.5) is 0 Å². The van der Waals surface area contributed by atoms with E-state index in [1.54, 1.807) is 0 Å². The predicted molar refractivity (Wildman–Crippen MR) is 107 cm³/mol. The Kier molecular flexibility index (Phi) is 8.41. The average molecular weight is 402 g/mol. The van der Waals surface area contributed by atoms with Gasteiger partial charge in [0, 0.05) is 19.4 Å². The summed E-state index contributed by atoms with van der Waals surface area (Å²) in [5.41, 5.74) is -0.0234. The van der Waals surface area contributed by atoms with Crippen molar-refractivity contribution in [2.45, 2.75) is 103 Å². The maximum absolute atomic E-state index is 11.8. The minimum absolute atomic E-state index is 0.0234. The summed E-state index contributed by atoms with van der Waals surface area (Å²) < 4.78 is 12.1. The van der Waals surface area contributed by atoms with E-state index in [9.17, 15) is 9.59 Å². The Morgan fingerprint density at radius 2 is 1.85 bits per heavy atom. The number of hydrogen-bond donors (Lipinski definition) is 1. The van der Waals surface area contributed by atoms with Crippen LogP contribution in [0.15, 0.2) is 0 Å². The summed E-state index contributed by atoms with van der Waals surface area (Å²) in [6, 6.07) is 0.0450. The lowest BCUT2D eigenvalue weighted by atomic mass is 9.79. The molecule has 156 valence electrons. The fourth-order valence-electron chi connectivity index (χ4n) is 4.42. The van der Waals surface area contributed by atoms with Gasteiger partial charge in [0.1, 0.15) is 12.0 Å². The molecule has 1 N–H and O–H groups in total. The molecule has 1 heterocycles. The van der Waals surface area contributed by atoms with E-state index in [1.807, 2.05) is 0 Å². The minimum atomic E-state index is -0.222. The monoisotopic (exact) mass is 401 g/mol. The van der Waals surface area contributed by atoms with Crippen LogP contribution in [-0.4, -0.2) is 42.1 Å². The predicted octanol–water partition coefficient (Wildman–Crippen LogP) is 4.21. The molecule has 1 aliphatic heterocycles. The normalized spacial score (nSPS) is 28.4. The van der Waals surface area contributed by atoms with Crippen LogP contribution in [0.5, 0.6) is 0 Å². The molecule has 0 spiro atoms. The molecular formula is C21H36ClNO4. The molecule has 0 aromatic rings. The SMILES string of the molecule is CC(=O)O[C@H](C[C@@H]1C[C@H](NC(=O)CCl)C[C@H](C(C)(C)C)O1)C1CCCCC1. The maximum Gasteiger partial charge on any atom is 0.302 e. The van der Waals surface area contributed by atoms with E-state index in [2.05, 4.69) is 26.1 Å². The molecule has 2 fully saturated rings. The number of nitrogens with one attached hydrogen (secondary N) is 1. The lowest BCUT2D eigenvalue weighted by Crippen LogP contribution is -2.50. The second kappa shape index (κ2) is 10.1. The van der Waals surface area contributed by atoms with Gasteiger partial charge in [0.15, 0.2) is 0 Å². The van der Waals surface area contributed by atoms with E-state index >= 15 is 0 Å². The third-order valence-corrected chi connectivity index (χ3v) is 6.09. The molecule has 0 aromatic heterocycles. The molecule has 1 aliphatic carbocycles. The molecule has 1 saturated carbocycles. The van der Waals surface area contributed by atoms with Gasteiger partial charge in [-0.25, -0.2) is 0 Å². The number of alkyl halides is 1. The topological polar surface area (TPSA) is 64.6 Å². The van der Waals surface area contributed by atoms with Crippen molar-refractivity contribution in [1.29, 1.82) is 0 Å². The standard InChI is InChI=1S/C21H36ClNO4/c1-14(24)26-18(15-8-6-5-7-9-15)12-17-10-16(23-20(25)13-22)11-19(27-17)21(2,3)4/h15-19H,5-13H2,1-4H3,(H,23,25)/t16-,17-,18+,19+/m0/s1. The molecule has 4 atom stereocenters. The van der Waals surface area contributed by atoms with Crippen molar-refractivity contribution >= 4 is 23.5 Å². The Morgan fingerprint density at radius 3 is 2.41 bits per heavy atom. The number of halogens is 1. The molecule has 1 saturated heterocycles. The van der Waals surface area contributed by atoms with Gasteiger partial charge in [0.05, 0.1) is 12.2 Å². The molecule has 2 aliphatic rings. The molecule has 27 heavy (non-hydrogen) atoms. The highest BCUT2D eigenvalue weighted by atomic mass is 35.5. The van der Waals surface area contributed by atoms with Gasteiger partial charge in [-0.3, -0.25) is 9.59 Å². The fraction of sp³-hybridized carbons (Fsp3) is 0.905. The Balaban J connectivity index is 2.08. The number of carbonyl (C=O) groups is 2. The zero-order valence-electron chi connectivity index (χ0n) is 17.3. The molecule has 0 aromatic carbocycles. The van der Waals surface area contributed by atoms with Crippen LogP contribution in [0.3, 0.4) is 0 Å². The van der Waals surface area contributed by atoms with Crippen LogP contribution in [0.1, 0.15) is 79.1 Å². The third-order valence-electron chi connectivity index (χ3n) is 5.84. The molecule has 0 radical (unpaired) electrons. The summed E-state index contributed by atoms with van der Waals surface area (Å²) in [5, 5.41) is 3.04. The van der Waals surface area contributed by atoms with E-state index in [4.69, 9.17) is 21.1 Å². The van der Waals surface area contributed by atoms with Gasteiger partial charge in [-0.15, -0.1) is 11.6 Å². The maximum atomic E-state index is 11.8. The molecule has 2 rings (SSSR count). The number of amides is 1. The Morgan fingerprint density at radius 1 is 1.19 bits per heavy atom. The quantitative estimate of drug-likeness (QED) is 0.535. The van der Waals surface area contributed by atoms with Crippen LogP contribution < -0.4 is 5.32 Å². The summed E-state index contributed by atoms with van der Waals surface area (Å²) in [6.45, 7) is 7.96. The minimum Gasteiger partial charge on any atom is -0.462 e. The van der Waals surface area contributed by atoms with Gasteiger partial charge in [-0.2, -0.15) is 0 Å².